The topological polar surface area (TPSA) is 86.5 Å². The average molecular weight is 223 g/mol. The van der Waals surface area contributed by atoms with Gasteiger partial charge in [-0.15, -0.1) is 0 Å². The zero-order chi connectivity index (χ0) is 11.4. The van der Waals surface area contributed by atoms with E-state index in [2.05, 4.69) is 4.74 Å². The lowest BCUT2D eigenvalue weighted by Gasteiger charge is -2.15. The van der Waals surface area contributed by atoms with Crippen molar-refractivity contribution in [3.63, 3.8) is 0 Å². The maximum absolute atomic E-state index is 11.5. The predicted molar refractivity (Wildman–Crippen MR) is 53.5 cm³/mol. The minimum Gasteiger partial charge on any atom is -0.469 e. The first-order valence-corrected chi connectivity index (χ1v) is 6.06. The summed E-state index contributed by atoms with van der Waals surface area (Å²) >= 11 is 0. The van der Waals surface area contributed by atoms with Crippen LogP contribution in [-0.4, -0.2) is 38.5 Å². The second kappa shape index (κ2) is 5.31. The molecular weight excluding hydrogens is 206 g/mol. The second-order valence-corrected chi connectivity index (χ2v) is 5.73. The molecule has 0 aromatic carbocycles. The molecule has 0 heterocycles. The van der Waals surface area contributed by atoms with Crippen molar-refractivity contribution in [2.45, 2.75) is 31.6 Å². The number of carbonyl (C=O) groups excluding carboxylic acids is 1. The molecule has 2 N–H and O–H groups in total. The molecule has 5 nitrogen and oxygen atoms in total. The summed E-state index contributed by atoms with van der Waals surface area (Å²) < 4.78 is 27.4. The van der Waals surface area contributed by atoms with Crippen molar-refractivity contribution >= 4 is 15.8 Å². The molecule has 0 amide bonds. The molecule has 2 atom stereocenters. The van der Waals surface area contributed by atoms with Crippen LogP contribution in [-0.2, 0) is 19.4 Å². The Bertz CT molecular complexity index is 284. The van der Waals surface area contributed by atoms with Crippen LogP contribution in [0.1, 0.15) is 20.3 Å². The van der Waals surface area contributed by atoms with Crippen LogP contribution in [0.15, 0.2) is 0 Å². The van der Waals surface area contributed by atoms with Crippen LogP contribution in [0.3, 0.4) is 0 Å². The smallest absolute Gasteiger partial charge is 0.306 e. The van der Waals surface area contributed by atoms with Gasteiger partial charge >= 0.3 is 5.97 Å². The lowest BCUT2D eigenvalue weighted by Crippen LogP contribution is -2.37. The number of ether oxygens (including phenoxy) is 1. The predicted octanol–water partition coefficient (Wildman–Crippen LogP) is -0.300. The van der Waals surface area contributed by atoms with E-state index in [0.717, 1.165) is 0 Å². The van der Waals surface area contributed by atoms with Crippen LogP contribution in [0.25, 0.3) is 0 Å². The van der Waals surface area contributed by atoms with Gasteiger partial charge in [0.05, 0.1) is 24.5 Å². The Labute approximate surface area is 84.5 Å². The Balaban J connectivity index is 4.29. The molecule has 84 valence electrons. The number of carbonyl (C=O) groups is 1. The van der Waals surface area contributed by atoms with Crippen molar-refractivity contribution in [1.29, 1.82) is 0 Å². The van der Waals surface area contributed by atoms with Gasteiger partial charge in [-0.05, 0) is 13.8 Å². The number of nitrogens with two attached hydrogens (primary N) is 1. The third kappa shape index (κ3) is 4.06. The van der Waals surface area contributed by atoms with Crippen LogP contribution < -0.4 is 5.73 Å². The molecule has 2 unspecified atom stereocenters. The number of esters is 1. The highest BCUT2D eigenvalue weighted by molar-refractivity contribution is 7.92. The van der Waals surface area contributed by atoms with Crippen LogP contribution in [0.4, 0.5) is 0 Å². The van der Waals surface area contributed by atoms with Crippen molar-refractivity contribution in [3.8, 4) is 0 Å². The molecule has 0 rings (SSSR count). The first kappa shape index (κ1) is 13.4. The van der Waals surface area contributed by atoms with Crippen molar-refractivity contribution in [2.75, 3.05) is 12.9 Å². The number of hydrogen-bond donors (Lipinski definition) is 1. The van der Waals surface area contributed by atoms with Gasteiger partial charge in [-0.25, -0.2) is 8.42 Å². The molecule has 0 bridgehead atoms. The molecule has 0 aromatic heterocycles. The van der Waals surface area contributed by atoms with Crippen LogP contribution in [0.5, 0.6) is 0 Å². The summed E-state index contributed by atoms with van der Waals surface area (Å²) in [5.41, 5.74) is 5.47. The largest absolute Gasteiger partial charge is 0.469 e. The summed E-state index contributed by atoms with van der Waals surface area (Å²) in [4.78, 5) is 10.7. The third-order valence-electron chi connectivity index (χ3n) is 2.13. The van der Waals surface area contributed by atoms with E-state index in [4.69, 9.17) is 5.73 Å². The summed E-state index contributed by atoms with van der Waals surface area (Å²) in [5.74, 6) is -0.729. The number of rotatable bonds is 5. The van der Waals surface area contributed by atoms with Gasteiger partial charge in [-0.2, -0.15) is 0 Å². The molecule has 0 saturated heterocycles. The number of methoxy groups -OCH3 is 1. The third-order valence-corrected chi connectivity index (χ3v) is 4.46. The summed E-state index contributed by atoms with van der Waals surface area (Å²) in [7, 11) is -2.06. The van der Waals surface area contributed by atoms with Crippen LogP contribution in [0, 0.1) is 0 Å². The molecule has 14 heavy (non-hydrogen) atoms. The fraction of sp³-hybridized carbons (Fsp3) is 0.875. The monoisotopic (exact) mass is 223 g/mol. The first-order chi connectivity index (χ1) is 6.31. The molecule has 0 saturated carbocycles. The normalized spacial score (nSPS) is 16.0. The number of hydrogen-bond acceptors (Lipinski definition) is 5. The Kier molecular flexibility index (Phi) is 5.07. The van der Waals surface area contributed by atoms with E-state index in [1.54, 1.807) is 6.92 Å². The maximum atomic E-state index is 11.5. The first-order valence-electron chi connectivity index (χ1n) is 4.35. The summed E-state index contributed by atoms with van der Waals surface area (Å²) in [6.45, 7) is 3.16. The standard InChI is InChI=1S/C8H17NO4S/c1-6(9)7(2)14(11,12)5-4-8(10)13-3/h6-7H,4-5,9H2,1-3H3. The minimum atomic E-state index is -3.29. The molecule has 0 fully saturated rings. The molecule has 0 aliphatic carbocycles. The SMILES string of the molecule is COC(=O)CCS(=O)(=O)C(C)C(C)N. The molecule has 0 radical (unpaired) electrons. The quantitative estimate of drug-likeness (QED) is 0.647. The lowest BCUT2D eigenvalue weighted by atomic mass is 10.3. The number of sulfone groups is 1. The van der Waals surface area contributed by atoms with E-state index in [9.17, 15) is 13.2 Å². The Hall–Kier alpha value is -0.620. The zero-order valence-electron chi connectivity index (χ0n) is 8.69. The lowest BCUT2D eigenvalue weighted by molar-refractivity contribution is -0.140. The van der Waals surface area contributed by atoms with Crippen molar-refractivity contribution < 1.29 is 17.9 Å². The fourth-order valence-corrected chi connectivity index (χ4v) is 2.32. The molecule has 0 aromatic rings. The summed E-state index contributed by atoms with van der Waals surface area (Å²) in [6.07, 6.45) is -0.115. The average Bonchev–Trinajstić information content (AvgIpc) is 2.12. The van der Waals surface area contributed by atoms with Gasteiger partial charge in [0.2, 0.25) is 0 Å². The van der Waals surface area contributed by atoms with E-state index in [1.165, 1.54) is 14.0 Å². The highest BCUT2D eigenvalue weighted by Crippen LogP contribution is 2.07. The molecule has 0 spiro atoms. The van der Waals surface area contributed by atoms with Gasteiger partial charge in [0.15, 0.2) is 9.84 Å². The molecule has 0 aliphatic heterocycles. The van der Waals surface area contributed by atoms with E-state index < -0.39 is 27.1 Å². The summed E-state index contributed by atoms with van der Waals surface area (Å²) in [5, 5.41) is -0.632. The second-order valence-electron chi connectivity index (χ2n) is 3.26. The van der Waals surface area contributed by atoms with Gasteiger partial charge in [0, 0.05) is 6.04 Å². The fourth-order valence-electron chi connectivity index (χ4n) is 0.841. The van der Waals surface area contributed by atoms with Gasteiger partial charge in [0.1, 0.15) is 0 Å². The van der Waals surface area contributed by atoms with E-state index in [-0.39, 0.29) is 12.2 Å². The van der Waals surface area contributed by atoms with Crippen molar-refractivity contribution in [2.24, 2.45) is 5.73 Å². The summed E-state index contributed by atoms with van der Waals surface area (Å²) in [6, 6.07) is -0.433. The van der Waals surface area contributed by atoms with Crippen LogP contribution in [0.2, 0.25) is 0 Å². The molecular formula is C8H17NO4S. The van der Waals surface area contributed by atoms with Gasteiger partial charge in [0.25, 0.3) is 0 Å². The van der Waals surface area contributed by atoms with E-state index in [0.29, 0.717) is 0 Å². The molecule has 6 heteroatoms. The molecule has 0 aliphatic rings. The van der Waals surface area contributed by atoms with Crippen LogP contribution >= 0.6 is 0 Å². The zero-order valence-corrected chi connectivity index (χ0v) is 9.50. The highest BCUT2D eigenvalue weighted by Gasteiger charge is 2.24. The highest BCUT2D eigenvalue weighted by atomic mass is 32.2. The van der Waals surface area contributed by atoms with Gasteiger partial charge in [-0.3, -0.25) is 4.79 Å². The van der Waals surface area contributed by atoms with E-state index in [1.807, 2.05) is 0 Å². The van der Waals surface area contributed by atoms with Crippen molar-refractivity contribution in [1.82, 2.24) is 0 Å². The Morgan fingerprint density at radius 1 is 1.43 bits per heavy atom. The maximum Gasteiger partial charge on any atom is 0.306 e. The Morgan fingerprint density at radius 3 is 2.29 bits per heavy atom. The van der Waals surface area contributed by atoms with Crippen molar-refractivity contribution in [3.05, 3.63) is 0 Å². The van der Waals surface area contributed by atoms with Gasteiger partial charge < -0.3 is 10.5 Å². The van der Waals surface area contributed by atoms with Gasteiger partial charge in [-0.1, -0.05) is 0 Å². The Morgan fingerprint density at radius 2 is 1.93 bits per heavy atom. The minimum absolute atomic E-state index is 0.115. The van der Waals surface area contributed by atoms with E-state index >= 15 is 0 Å².